The van der Waals surface area contributed by atoms with Crippen LogP contribution >= 0.6 is 0 Å². The van der Waals surface area contributed by atoms with E-state index < -0.39 is 0 Å². The quantitative estimate of drug-likeness (QED) is 0.650. The molecule has 5 nitrogen and oxygen atoms in total. The van der Waals surface area contributed by atoms with Crippen molar-refractivity contribution in [2.75, 3.05) is 18.6 Å². The van der Waals surface area contributed by atoms with E-state index in [0.717, 1.165) is 11.3 Å². The van der Waals surface area contributed by atoms with Crippen LogP contribution in [0.2, 0.25) is 0 Å². The molecule has 27 heavy (non-hydrogen) atoms. The van der Waals surface area contributed by atoms with Gasteiger partial charge in [-0.3, -0.25) is 4.79 Å². The number of fused-ring (bicyclic) bond motifs is 1. The normalized spacial score (nSPS) is 16.6. The monoisotopic (exact) mass is 363 g/mol. The number of benzene rings is 2. The number of hydrogen-bond donors (Lipinski definition) is 1. The maximum absolute atomic E-state index is 11.9. The van der Waals surface area contributed by atoms with Crippen molar-refractivity contribution in [2.24, 2.45) is 5.10 Å². The van der Waals surface area contributed by atoms with Gasteiger partial charge in [0.15, 0.2) is 6.61 Å². The molecule has 0 fully saturated rings. The number of hydrogen-bond acceptors (Lipinski definition) is 4. The minimum Gasteiger partial charge on any atom is -0.484 e. The fraction of sp³-hybridized carbons (Fsp3) is 0.273. The fourth-order valence-electron chi connectivity index (χ4n) is 3.41. The molecule has 3 rings (SSSR count). The Balaban J connectivity index is 1.58. The number of allylic oxidation sites excluding steroid dienone is 2. The number of nitrogens with zero attached hydrogens (tertiary/aromatic N) is 2. The van der Waals surface area contributed by atoms with E-state index in [0.29, 0.717) is 5.75 Å². The molecule has 2 aromatic rings. The molecule has 0 spiro atoms. The number of carbonyl (C=O) groups is 1. The van der Waals surface area contributed by atoms with Gasteiger partial charge in [0.25, 0.3) is 5.91 Å². The first kappa shape index (κ1) is 18.7. The highest BCUT2D eigenvalue weighted by molar-refractivity contribution is 5.82. The lowest BCUT2D eigenvalue weighted by Crippen LogP contribution is -2.25. The lowest BCUT2D eigenvalue weighted by molar-refractivity contribution is -0.123. The van der Waals surface area contributed by atoms with Crippen molar-refractivity contribution in [2.45, 2.75) is 26.2 Å². The van der Waals surface area contributed by atoms with Crippen LogP contribution in [0.1, 0.15) is 25.0 Å². The van der Waals surface area contributed by atoms with E-state index in [1.807, 2.05) is 50.4 Å². The van der Waals surface area contributed by atoms with E-state index in [2.05, 4.69) is 47.5 Å². The molecular formula is C22H25N3O2. The number of ether oxygens (including phenoxy) is 1. The molecule has 1 amide bonds. The number of amides is 1. The predicted molar refractivity (Wildman–Crippen MR) is 109 cm³/mol. The molecule has 0 saturated carbocycles. The number of rotatable bonds is 5. The number of para-hydroxylation sites is 1. The van der Waals surface area contributed by atoms with Crippen LogP contribution in [0.25, 0.3) is 0 Å². The van der Waals surface area contributed by atoms with E-state index in [1.54, 1.807) is 6.21 Å². The fourth-order valence-corrected chi connectivity index (χ4v) is 3.41. The average Bonchev–Trinajstić information content (AvgIpc) is 2.84. The van der Waals surface area contributed by atoms with Gasteiger partial charge in [-0.1, -0.05) is 44.2 Å². The first-order valence-electron chi connectivity index (χ1n) is 8.95. The van der Waals surface area contributed by atoms with E-state index in [-0.39, 0.29) is 17.9 Å². The third-order valence-electron chi connectivity index (χ3n) is 4.80. The van der Waals surface area contributed by atoms with Crippen molar-refractivity contribution in [1.82, 2.24) is 5.43 Å². The molecule has 2 aromatic carbocycles. The zero-order chi connectivity index (χ0) is 19.4. The zero-order valence-corrected chi connectivity index (χ0v) is 16.2. The highest BCUT2D eigenvalue weighted by Gasteiger charge is 2.37. The molecule has 1 aliphatic heterocycles. The Morgan fingerprint density at radius 2 is 2.00 bits per heavy atom. The van der Waals surface area contributed by atoms with Crippen LogP contribution in [0, 0.1) is 6.92 Å². The Morgan fingerprint density at radius 1 is 1.22 bits per heavy atom. The second kappa shape index (κ2) is 7.66. The molecule has 1 N–H and O–H groups in total. The molecular weight excluding hydrogens is 338 g/mol. The Hall–Kier alpha value is -3.08. The van der Waals surface area contributed by atoms with Crippen molar-refractivity contribution in [3.63, 3.8) is 0 Å². The van der Waals surface area contributed by atoms with Gasteiger partial charge in [-0.2, -0.15) is 5.10 Å². The van der Waals surface area contributed by atoms with E-state index in [1.165, 1.54) is 11.3 Å². The van der Waals surface area contributed by atoms with Gasteiger partial charge in [0.2, 0.25) is 0 Å². The third kappa shape index (κ3) is 4.03. The molecule has 0 aromatic heterocycles. The summed E-state index contributed by atoms with van der Waals surface area (Å²) in [5.41, 5.74) is 7.06. The Labute approximate surface area is 160 Å². The van der Waals surface area contributed by atoms with E-state index in [4.69, 9.17) is 4.74 Å². The van der Waals surface area contributed by atoms with Crippen molar-refractivity contribution >= 4 is 17.8 Å². The number of aryl methyl sites for hydroxylation is 1. The minimum absolute atomic E-state index is 0.0752. The summed E-state index contributed by atoms with van der Waals surface area (Å²) in [5.74, 6) is 0.372. The van der Waals surface area contributed by atoms with Crippen LogP contribution in [0.4, 0.5) is 5.69 Å². The summed E-state index contributed by atoms with van der Waals surface area (Å²) in [4.78, 5) is 14.0. The van der Waals surface area contributed by atoms with Crippen LogP contribution in [0.5, 0.6) is 5.75 Å². The summed E-state index contributed by atoms with van der Waals surface area (Å²) in [6.07, 6.45) is 3.55. The van der Waals surface area contributed by atoms with Crippen molar-refractivity contribution in [1.29, 1.82) is 0 Å². The summed E-state index contributed by atoms with van der Waals surface area (Å²) in [5, 5.41) is 4.02. The zero-order valence-electron chi connectivity index (χ0n) is 16.2. The van der Waals surface area contributed by atoms with Crippen LogP contribution in [-0.4, -0.2) is 25.8 Å². The predicted octanol–water partition coefficient (Wildman–Crippen LogP) is 3.79. The van der Waals surface area contributed by atoms with Gasteiger partial charge >= 0.3 is 0 Å². The largest absolute Gasteiger partial charge is 0.484 e. The second-order valence-electron chi connectivity index (χ2n) is 7.17. The van der Waals surface area contributed by atoms with Gasteiger partial charge in [0, 0.05) is 30.1 Å². The smallest absolute Gasteiger partial charge is 0.277 e. The van der Waals surface area contributed by atoms with E-state index >= 15 is 0 Å². The van der Waals surface area contributed by atoms with Crippen LogP contribution < -0.4 is 15.1 Å². The third-order valence-corrected chi connectivity index (χ3v) is 4.80. The summed E-state index contributed by atoms with van der Waals surface area (Å²) in [7, 11) is 2.04. The van der Waals surface area contributed by atoms with Gasteiger partial charge in [0.05, 0.1) is 0 Å². The Morgan fingerprint density at radius 3 is 2.74 bits per heavy atom. The van der Waals surface area contributed by atoms with Crippen LogP contribution in [0.3, 0.4) is 0 Å². The molecule has 0 bridgehead atoms. The van der Waals surface area contributed by atoms with Crippen molar-refractivity contribution in [3.05, 3.63) is 71.4 Å². The maximum Gasteiger partial charge on any atom is 0.277 e. The van der Waals surface area contributed by atoms with Gasteiger partial charge in [0.1, 0.15) is 5.75 Å². The van der Waals surface area contributed by atoms with Gasteiger partial charge < -0.3 is 9.64 Å². The van der Waals surface area contributed by atoms with E-state index in [9.17, 15) is 4.79 Å². The number of nitrogens with one attached hydrogen (secondary N) is 1. The molecule has 140 valence electrons. The van der Waals surface area contributed by atoms with Gasteiger partial charge in [-0.05, 0) is 42.3 Å². The summed E-state index contributed by atoms with van der Waals surface area (Å²) < 4.78 is 5.46. The summed E-state index contributed by atoms with van der Waals surface area (Å²) in [6.45, 7) is 6.27. The first-order chi connectivity index (χ1) is 12.9. The number of hydrazone groups is 1. The van der Waals surface area contributed by atoms with Crippen LogP contribution in [0.15, 0.2) is 65.4 Å². The Kier molecular flexibility index (Phi) is 5.31. The first-order valence-corrected chi connectivity index (χ1v) is 8.95. The number of anilines is 1. The molecule has 0 radical (unpaired) electrons. The summed E-state index contributed by atoms with van der Waals surface area (Å²) >= 11 is 0. The molecule has 1 heterocycles. The molecule has 0 unspecified atom stereocenters. The number of carbonyl (C=O) groups excluding carboxylic acids is 1. The van der Waals surface area contributed by atoms with Crippen molar-refractivity contribution in [3.8, 4) is 5.75 Å². The van der Waals surface area contributed by atoms with Crippen LogP contribution in [-0.2, 0) is 10.2 Å². The SMILES string of the molecule is Cc1cccc(OCC(=O)NN=CC=C2N(C)c3ccccc3C2(C)C)c1. The molecule has 0 saturated heterocycles. The molecule has 0 atom stereocenters. The molecule has 5 heteroatoms. The highest BCUT2D eigenvalue weighted by Crippen LogP contribution is 2.46. The maximum atomic E-state index is 11.9. The average molecular weight is 363 g/mol. The molecule has 1 aliphatic rings. The standard InChI is InChI=1S/C22H25N3O2/c1-16-8-7-9-17(14-16)27-15-21(26)24-23-13-12-20-22(2,3)18-10-5-6-11-19(18)25(20)4/h5-14H,15H2,1-4H3,(H,24,26). The lowest BCUT2D eigenvalue weighted by Gasteiger charge is -2.23. The minimum atomic E-state index is -0.298. The Bertz CT molecular complexity index is 900. The molecule has 0 aliphatic carbocycles. The number of likely N-dealkylation sites (N-methyl/N-ethyl adjacent to an activating group) is 1. The highest BCUT2D eigenvalue weighted by atomic mass is 16.5. The van der Waals surface area contributed by atoms with Crippen molar-refractivity contribution < 1.29 is 9.53 Å². The summed E-state index contributed by atoms with van der Waals surface area (Å²) in [6, 6.07) is 15.9. The topological polar surface area (TPSA) is 53.9 Å². The van der Waals surface area contributed by atoms with Gasteiger partial charge in [-0.15, -0.1) is 0 Å². The second-order valence-corrected chi connectivity index (χ2v) is 7.17. The lowest BCUT2D eigenvalue weighted by atomic mass is 9.84. The van der Waals surface area contributed by atoms with Gasteiger partial charge in [-0.25, -0.2) is 5.43 Å².